The molecule has 2 heterocycles. The maximum Gasteiger partial charge on any atom is 0.223 e. The number of nitrogens with one attached hydrogen (secondary N) is 1. The molecule has 0 unspecified atom stereocenters. The van der Waals surface area contributed by atoms with E-state index < -0.39 is 0 Å². The van der Waals surface area contributed by atoms with Gasteiger partial charge in [-0.05, 0) is 30.2 Å². The zero-order valence-electron chi connectivity index (χ0n) is 16.4. The highest BCUT2D eigenvalue weighted by Gasteiger charge is 2.09. The Bertz CT molecular complexity index is 1150. The summed E-state index contributed by atoms with van der Waals surface area (Å²) in [6.07, 6.45) is 4.53. The molecule has 4 rings (SSSR count). The van der Waals surface area contributed by atoms with Crippen LogP contribution < -0.4 is 14.9 Å². The van der Waals surface area contributed by atoms with Crippen LogP contribution in [-0.2, 0) is 13.2 Å². The van der Waals surface area contributed by atoms with E-state index in [0.717, 1.165) is 34.3 Å². The Kier molecular flexibility index (Phi) is 5.66. The minimum atomic E-state index is -0.101. The molecule has 2 aromatic heterocycles. The zero-order chi connectivity index (χ0) is 20.1. The third kappa shape index (κ3) is 4.35. The van der Waals surface area contributed by atoms with Gasteiger partial charge in [0.1, 0.15) is 12.4 Å². The van der Waals surface area contributed by atoms with Crippen LogP contribution in [0.5, 0.6) is 11.5 Å². The number of rotatable bonds is 8. The molecule has 0 saturated heterocycles. The average Bonchev–Trinajstić information content (AvgIpc) is 3.16. The van der Waals surface area contributed by atoms with Crippen LogP contribution in [0.25, 0.3) is 10.9 Å². The fourth-order valence-electron chi connectivity index (χ4n) is 3.29. The number of nitrogens with zero attached hydrogens (tertiary/aromatic N) is 1. The van der Waals surface area contributed by atoms with Crippen molar-refractivity contribution in [2.24, 2.45) is 0 Å². The highest BCUT2D eigenvalue weighted by atomic mass is 16.5. The Hall–Kier alpha value is -3.47. The SMILES string of the molecule is CCCOc1c[nH]c(Cn2ccc3c(OCc4ccccc4)cccc32)cc1=O. The van der Waals surface area contributed by atoms with Gasteiger partial charge < -0.3 is 19.0 Å². The van der Waals surface area contributed by atoms with E-state index in [1.165, 1.54) is 0 Å². The van der Waals surface area contributed by atoms with Crippen LogP contribution in [0.2, 0.25) is 0 Å². The van der Waals surface area contributed by atoms with Crippen molar-refractivity contribution in [3.63, 3.8) is 0 Å². The van der Waals surface area contributed by atoms with Crippen molar-refractivity contribution in [3.05, 3.63) is 94.5 Å². The highest BCUT2D eigenvalue weighted by molar-refractivity contribution is 5.86. The normalized spacial score (nSPS) is 10.9. The molecule has 1 N–H and O–H groups in total. The number of ether oxygens (including phenoxy) is 2. The van der Waals surface area contributed by atoms with E-state index in [1.54, 1.807) is 12.3 Å². The van der Waals surface area contributed by atoms with E-state index in [2.05, 4.69) is 27.8 Å². The van der Waals surface area contributed by atoms with Crippen molar-refractivity contribution < 1.29 is 9.47 Å². The molecule has 0 bridgehead atoms. The predicted molar refractivity (Wildman–Crippen MR) is 115 cm³/mol. The Morgan fingerprint density at radius 2 is 1.83 bits per heavy atom. The van der Waals surface area contributed by atoms with Gasteiger partial charge in [0, 0.05) is 29.5 Å². The zero-order valence-corrected chi connectivity index (χ0v) is 16.4. The maximum atomic E-state index is 12.2. The summed E-state index contributed by atoms with van der Waals surface area (Å²) in [5.74, 6) is 1.21. The predicted octanol–water partition coefficient (Wildman–Crippen LogP) is 4.75. The third-order valence-electron chi connectivity index (χ3n) is 4.75. The smallest absolute Gasteiger partial charge is 0.223 e. The first kappa shape index (κ1) is 18.9. The molecule has 0 fully saturated rings. The lowest BCUT2D eigenvalue weighted by atomic mass is 10.2. The van der Waals surface area contributed by atoms with Crippen molar-refractivity contribution in [3.8, 4) is 11.5 Å². The van der Waals surface area contributed by atoms with Gasteiger partial charge in [0.05, 0.1) is 18.7 Å². The van der Waals surface area contributed by atoms with E-state index in [4.69, 9.17) is 9.47 Å². The molecule has 0 amide bonds. The maximum absolute atomic E-state index is 12.2. The molecular formula is C24H24N2O3. The largest absolute Gasteiger partial charge is 0.488 e. The summed E-state index contributed by atoms with van der Waals surface area (Å²) in [6, 6.07) is 19.8. The van der Waals surface area contributed by atoms with Crippen LogP contribution in [0.1, 0.15) is 24.6 Å². The van der Waals surface area contributed by atoms with Gasteiger partial charge in [0.2, 0.25) is 5.43 Å². The molecule has 4 aromatic rings. The highest BCUT2D eigenvalue weighted by Crippen LogP contribution is 2.27. The van der Waals surface area contributed by atoms with E-state index in [9.17, 15) is 4.79 Å². The van der Waals surface area contributed by atoms with Crippen molar-refractivity contribution in [2.45, 2.75) is 26.5 Å². The molecule has 0 aliphatic rings. The molecule has 2 aromatic carbocycles. The first-order valence-corrected chi connectivity index (χ1v) is 9.83. The van der Waals surface area contributed by atoms with Crippen LogP contribution in [-0.4, -0.2) is 16.2 Å². The number of aromatic amines is 1. The summed E-state index contributed by atoms with van der Waals surface area (Å²) in [5, 5.41) is 1.05. The Labute approximate surface area is 169 Å². The van der Waals surface area contributed by atoms with Gasteiger partial charge in [-0.2, -0.15) is 0 Å². The topological polar surface area (TPSA) is 56.2 Å². The van der Waals surface area contributed by atoms with Gasteiger partial charge >= 0.3 is 0 Å². The molecule has 0 aliphatic heterocycles. The number of pyridine rings is 1. The second-order valence-corrected chi connectivity index (χ2v) is 6.94. The number of hydrogen-bond donors (Lipinski definition) is 1. The molecule has 0 aliphatic carbocycles. The standard InChI is InChI=1S/C24H24N2O3/c1-2-13-28-24-15-25-19(14-22(24)27)16-26-12-11-20-21(26)9-6-10-23(20)29-17-18-7-4-3-5-8-18/h3-12,14-15H,2,13,16-17H2,1H3,(H,25,27). The molecule has 0 radical (unpaired) electrons. The van der Waals surface area contributed by atoms with Gasteiger partial charge in [-0.15, -0.1) is 0 Å². The monoisotopic (exact) mass is 388 g/mol. The van der Waals surface area contributed by atoms with Crippen molar-refractivity contribution >= 4 is 10.9 Å². The summed E-state index contributed by atoms with van der Waals surface area (Å²) in [7, 11) is 0. The number of benzene rings is 2. The van der Waals surface area contributed by atoms with E-state index in [0.29, 0.717) is 25.5 Å². The Morgan fingerprint density at radius 3 is 2.62 bits per heavy atom. The second-order valence-electron chi connectivity index (χ2n) is 6.94. The van der Waals surface area contributed by atoms with E-state index >= 15 is 0 Å². The Morgan fingerprint density at radius 1 is 0.966 bits per heavy atom. The van der Waals surface area contributed by atoms with Gasteiger partial charge in [0.25, 0.3) is 0 Å². The minimum Gasteiger partial charge on any atom is -0.488 e. The number of fused-ring (bicyclic) bond motifs is 1. The van der Waals surface area contributed by atoms with Crippen molar-refractivity contribution in [2.75, 3.05) is 6.61 Å². The second kappa shape index (κ2) is 8.69. The van der Waals surface area contributed by atoms with Crippen molar-refractivity contribution in [1.29, 1.82) is 0 Å². The summed E-state index contributed by atoms with van der Waals surface area (Å²) in [4.78, 5) is 15.4. The fourth-order valence-corrected chi connectivity index (χ4v) is 3.29. The van der Waals surface area contributed by atoms with Crippen LogP contribution in [0.3, 0.4) is 0 Å². The Balaban J connectivity index is 1.53. The number of aromatic nitrogens is 2. The number of H-pyrrole nitrogens is 1. The molecular weight excluding hydrogens is 364 g/mol. The van der Waals surface area contributed by atoms with Gasteiger partial charge in [0.15, 0.2) is 5.75 Å². The van der Waals surface area contributed by atoms with E-state index in [-0.39, 0.29) is 5.43 Å². The van der Waals surface area contributed by atoms with Gasteiger partial charge in [-0.1, -0.05) is 43.3 Å². The fraction of sp³-hybridized carbons (Fsp3) is 0.208. The number of hydrogen-bond acceptors (Lipinski definition) is 3. The molecule has 0 atom stereocenters. The summed E-state index contributed by atoms with van der Waals surface area (Å²) < 4.78 is 13.6. The average molecular weight is 388 g/mol. The molecule has 5 heteroatoms. The summed E-state index contributed by atoms with van der Waals surface area (Å²) in [5.41, 5.74) is 2.91. The first-order chi connectivity index (χ1) is 14.2. The molecule has 29 heavy (non-hydrogen) atoms. The van der Waals surface area contributed by atoms with Crippen LogP contribution in [0.4, 0.5) is 0 Å². The van der Waals surface area contributed by atoms with Crippen LogP contribution in [0, 0.1) is 0 Å². The lowest BCUT2D eigenvalue weighted by molar-refractivity contribution is 0.310. The van der Waals surface area contributed by atoms with Gasteiger partial charge in [-0.3, -0.25) is 4.79 Å². The van der Waals surface area contributed by atoms with E-state index in [1.807, 2.05) is 49.5 Å². The summed E-state index contributed by atoms with van der Waals surface area (Å²) >= 11 is 0. The molecule has 5 nitrogen and oxygen atoms in total. The van der Waals surface area contributed by atoms with Crippen molar-refractivity contribution in [1.82, 2.24) is 9.55 Å². The molecule has 0 saturated carbocycles. The first-order valence-electron chi connectivity index (χ1n) is 9.83. The van der Waals surface area contributed by atoms with Crippen LogP contribution >= 0.6 is 0 Å². The van der Waals surface area contributed by atoms with Gasteiger partial charge in [-0.25, -0.2) is 0 Å². The third-order valence-corrected chi connectivity index (χ3v) is 4.75. The quantitative estimate of drug-likeness (QED) is 0.474. The lowest BCUT2D eigenvalue weighted by Crippen LogP contribution is -2.11. The summed E-state index contributed by atoms with van der Waals surface area (Å²) in [6.45, 7) is 3.64. The molecule has 0 spiro atoms. The molecule has 148 valence electrons. The lowest BCUT2D eigenvalue weighted by Gasteiger charge is -2.10. The van der Waals surface area contributed by atoms with Crippen LogP contribution in [0.15, 0.2) is 77.9 Å². The minimum absolute atomic E-state index is 0.101.